The Morgan fingerprint density at radius 2 is 2.19 bits per heavy atom. The van der Waals surface area contributed by atoms with E-state index in [0.717, 1.165) is 32.4 Å². The van der Waals surface area contributed by atoms with E-state index in [-0.39, 0.29) is 5.41 Å². The van der Waals surface area contributed by atoms with E-state index in [0.29, 0.717) is 18.5 Å². The molecule has 4 heteroatoms. The fourth-order valence-corrected chi connectivity index (χ4v) is 2.55. The van der Waals surface area contributed by atoms with E-state index in [2.05, 4.69) is 19.0 Å². The number of nitrogens with zero attached hydrogens (tertiary/aromatic N) is 2. The van der Waals surface area contributed by atoms with Gasteiger partial charge in [-0.2, -0.15) is 0 Å². The molecule has 2 fully saturated rings. The summed E-state index contributed by atoms with van der Waals surface area (Å²) in [5.74, 6) is 0.307. The molecule has 0 aromatic heterocycles. The van der Waals surface area contributed by atoms with Crippen molar-refractivity contribution < 1.29 is 4.79 Å². The zero-order chi connectivity index (χ0) is 11.8. The molecule has 2 N–H and O–H groups in total. The molecule has 92 valence electrons. The number of likely N-dealkylation sites (N-methyl/N-ethyl adjacent to an activating group) is 1. The van der Waals surface area contributed by atoms with Crippen molar-refractivity contribution in [3.63, 3.8) is 0 Å². The molecule has 1 saturated carbocycles. The molecule has 1 heterocycles. The normalized spacial score (nSPS) is 28.2. The minimum absolute atomic E-state index is 0.172. The summed E-state index contributed by atoms with van der Waals surface area (Å²) in [5, 5.41) is 0. The molecule has 1 aliphatic carbocycles. The first-order valence-electron chi connectivity index (χ1n) is 6.25. The largest absolute Gasteiger partial charge is 0.341 e. The van der Waals surface area contributed by atoms with Crippen molar-refractivity contribution in [1.82, 2.24) is 9.80 Å². The first-order chi connectivity index (χ1) is 7.59. The summed E-state index contributed by atoms with van der Waals surface area (Å²) in [4.78, 5) is 16.6. The van der Waals surface area contributed by atoms with E-state index in [4.69, 9.17) is 5.73 Å². The number of likely N-dealkylation sites (tertiary alicyclic amines) is 1. The Labute approximate surface area is 97.8 Å². The SMILES string of the molecule is CN(C)C1CCCN(C(=O)C2(CN)CC2)C1. The second-order valence-corrected chi connectivity index (χ2v) is 5.50. The van der Waals surface area contributed by atoms with Gasteiger partial charge >= 0.3 is 0 Å². The number of piperidine rings is 1. The second-order valence-electron chi connectivity index (χ2n) is 5.50. The third kappa shape index (κ3) is 2.09. The van der Waals surface area contributed by atoms with Gasteiger partial charge in [0.2, 0.25) is 5.91 Å². The quantitative estimate of drug-likeness (QED) is 0.750. The lowest BCUT2D eigenvalue weighted by atomic mass is 10.00. The molecule has 1 aliphatic heterocycles. The highest BCUT2D eigenvalue weighted by molar-refractivity contribution is 5.85. The van der Waals surface area contributed by atoms with Gasteiger partial charge in [0.25, 0.3) is 0 Å². The number of hydrogen-bond acceptors (Lipinski definition) is 3. The number of rotatable bonds is 3. The van der Waals surface area contributed by atoms with Gasteiger partial charge in [0.05, 0.1) is 5.41 Å². The molecule has 2 rings (SSSR count). The summed E-state index contributed by atoms with van der Waals surface area (Å²) < 4.78 is 0. The average Bonchev–Trinajstić information content (AvgIpc) is 3.09. The third-order valence-electron chi connectivity index (χ3n) is 4.11. The predicted molar refractivity (Wildman–Crippen MR) is 64.0 cm³/mol. The second kappa shape index (κ2) is 4.34. The van der Waals surface area contributed by atoms with Gasteiger partial charge in [-0.3, -0.25) is 4.79 Å². The van der Waals surface area contributed by atoms with E-state index in [1.807, 2.05) is 4.90 Å². The summed E-state index contributed by atoms with van der Waals surface area (Å²) in [7, 11) is 4.18. The lowest BCUT2D eigenvalue weighted by Crippen LogP contribution is -2.50. The molecule has 0 radical (unpaired) electrons. The van der Waals surface area contributed by atoms with Crippen LogP contribution in [0.4, 0.5) is 0 Å². The summed E-state index contributed by atoms with van der Waals surface area (Å²) >= 11 is 0. The smallest absolute Gasteiger partial charge is 0.230 e. The minimum atomic E-state index is -0.172. The van der Waals surface area contributed by atoms with Crippen LogP contribution in [0.15, 0.2) is 0 Å². The molecule has 1 unspecified atom stereocenters. The summed E-state index contributed by atoms with van der Waals surface area (Å²) in [6.07, 6.45) is 4.30. The zero-order valence-corrected chi connectivity index (χ0v) is 10.4. The number of amides is 1. The molecular weight excluding hydrogens is 202 g/mol. The molecule has 0 aromatic carbocycles. The van der Waals surface area contributed by atoms with E-state index in [9.17, 15) is 4.79 Å². The summed E-state index contributed by atoms with van der Waals surface area (Å²) in [6, 6.07) is 0.520. The van der Waals surface area contributed by atoms with Crippen molar-refractivity contribution in [3.8, 4) is 0 Å². The van der Waals surface area contributed by atoms with Crippen LogP contribution >= 0.6 is 0 Å². The monoisotopic (exact) mass is 225 g/mol. The lowest BCUT2D eigenvalue weighted by Gasteiger charge is -2.37. The first-order valence-corrected chi connectivity index (χ1v) is 6.25. The Morgan fingerprint density at radius 1 is 1.50 bits per heavy atom. The number of carbonyl (C=O) groups is 1. The van der Waals surface area contributed by atoms with Crippen molar-refractivity contribution in [1.29, 1.82) is 0 Å². The van der Waals surface area contributed by atoms with E-state index in [1.54, 1.807) is 0 Å². The Hall–Kier alpha value is -0.610. The van der Waals surface area contributed by atoms with Gasteiger partial charge in [0.15, 0.2) is 0 Å². The molecule has 16 heavy (non-hydrogen) atoms. The number of nitrogens with two attached hydrogens (primary N) is 1. The van der Waals surface area contributed by atoms with Crippen molar-refractivity contribution >= 4 is 5.91 Å². The summed E-state index contributed by atoms with van der Waals surface area (Å²) in [6.45, 7) is 2.33. The lowest BCUT2D eigenvalue weighted by molar-refractivity contribution is -0.138. The highest BCUT2D eigenvalue weighted by Crippen LogP contribution is 2.46. The highest BCUT2D eigenvalue weighted by atomic mass is 16.2. The van der Waals surface area contributed by atoms with Gasteiger partial charge in [-0.1, -0.05) is 0 Å². The van der Waals surface area contributed by atoms with Gasteiger partial charge in [-0.15, -0.1) is 0 Å². The number of carbonyl (C=O) groups excluding carboxylic acids is 1. The Morgan fingerprint density at radius 3 is 2.69 bits per heavy atom. The zero-order valence-electron chi connectivity index (χ0n) is 10.4. The fraction of sp³-hybridized carbons (Fsp3) is 0.917. The molecule has 4 nitrogen and oxygen atoms in total. The minimum Gasteiger partial charge on any atom is -0.341 e. The highest BCUT2D eigenvalue weighted by Gasteiger charge is 2.50. The number of hydrogen-bond donors (Lipinski definition) is 1. The molecule has 0 aromatic rings. The van der Waals surface area contributed by atoms with Crippen LogP contribution in [0.3, 0.4) is 0 Å². The van der Waals surface area contributed by atoms with Crippen molar-refractivity contribution in [2.45, 2.75) is 31.7 Å². The van der Waals surface area contributed by atoms with E-state index >= 15 is 0 Å². The maximum Gasteiger partial charge on any atom is 0.230 e. The van der Waals surface area contributed by atoms with Crippen molar-refractivity contribution in [2.75, 3.05) is 33.7 Å². The van der Waals surface area contributed by atoms with Crippen LogP contribution in [0.5, 0.6) is 0 Å². The average molecular weight is 225 g/mol. The maximum absolute atomic E-state index is 12.3. The van der Waals surface area contributed by atoms with Crippen LogP contribution in [0, 0.1) is 5.41 Å². The predicted octanol–water partition coefficient (Wildman–Crippen LogP) is 0.278. The van der Waals surface area contributed by atoms with Crippen LogP contribution in [0.2, 0.25) is 0 Å². The molecule has 1 amide bonds. The molecule has 2 aliphatic rings. The maximum atomic E-state index is 12.3. The van der Waals surface area contributed by atoms with Gasteiger partial charge in [0, 0.05) is 25.7 Å². The van der Waals surface area contributed by atoms with E-state index in [1.165, 1.54) is 6.42 Å². The summed E-state index contributed by atoms with van der Waals surface area (Å²) in [5.41, 5.74) is 5.54. The van der Waals surface area contributed by atoms with Gasteiger partial charge < -0.3 is 15.5 Å². The van der Waals surface area contributed by atoms with Crippen LogP contribution < -0.4 is 5.73 Å². The van der Waals surface area contributed by atoms with E-state index < -0.39 is 0 Å². The molecule has 0 spiro atoms. The fourth-order valence-electron chi connectivity index (χ4n) is 2.55. The Bertz CT molecular complexity index is 273. The van der Waals surface area contributed by atoms with Crippen molar-refractivity contribution in [3.05, 3.63) is 0 Å². The van der Waals surface area contributed by atoms with Crippen molar-refractivity contribution in [2.24, 2.45) is 11.1 Å². The third-order valence-corrected chi connectivity index (χ3v) is 4.11. The first kappa shape index (κ1) is 11.9. The van der Waals surface area contributed by atoms with Gasteiger partial charge in [0.1, 0.15) is 0 Å². The molecule has 0 bridgehead atoms. The topological polar surface area (TPSA) is 49.6 Å². The standard InChI is InChI=1S/C12H23N3O/c1-14(2)10-4-3-7-15(8-10)11(16)12(9-13)5-6-12/h10H,3-9,13H2,1-2H3. The Kier molecular flexibility index (Phi) is 3.22. The van der Waals surface area contributed by atoms with Gasteiger partial charge in [-0.25, -0.2) is 0 Å². The Balaban J connectivity index is 1.97. The molecule has 1 saturated heterocycles. The van der Waals surface area contributed by atoms with Crippen LogP contribution in [0.1, 0.15) is 25.7 Å². The molecular formula is C12H23N3O. The van der Waals surface area contributed by atoms with Gasteiger partial charge in [-0.05, 0) is 39.8 Å². The molecule has 1 atom stereocenters. The van der Waals surface area contributed by atoms with Crippen LogP contribution in [-0.4, -0.2) is 55.5 Å². The van der Waals surface area contributed by atoms with Crippen LogP contribution in [-0.2, 0) is 4.79 Å². The van der Waals surface area contributed by atoms with Crippen LogP contribution in [0.25, 0.3) is 0 Å².